The largest absolute Gasteiger partial charge is 0.462 e. The van der Waals surface area contributed by atoms with Crippen LogP contribution in [0.3, 0.4) is 0 Å². The number of hydrogen-bond donors (Lipinski definition) is 0. The van der Waals surface area contributed by atoms with Crippen LogP contribution in [-0.2, 0) is 19.9 Å². The number of aryl methyl sites for hydroxylation is 2. The molecule has 0 bridgehead atoms. The van der Waals surface area contributed by atoms with E-state index in [2.05, 4.69) is 17.7 Å². The van der Waals surface area contributed by atoms with E-state index in [1.807, 2.05) is 0 Å². The predicted octanol–water partition coefficient (Wildman–Crippen LogP) is 2.65. The molecule has 2 heteroatoms. The zero-order chi connectivity index (χ0) is 8.84. The van der Waals surface area contributed by atoms with Gasteiger partial charge in [-0.2, -0.15) is 0 Å². The van der Waals surface area contributed by atoms with E-state index in [1.54, 1.807) is 6.26 Å². The summed E-state index contributed by atoms with van der Waals surface area (Å²) in [4.78, 5) is 0. The Balaban J connectivity index is 2.40. The molecule has 0 saturated heterocycles. The second kappa shape index (κ2) is 2.41. The van der Waals surface area contributed by atoms with Crippen molar-refractivity contribution in [3.8, 4) is 0 Å². The maximum Gasteiger partial charge on any atom is 0.155 e. The third-order valence-corrected chi connectivity index (χ3v) is 3.12. The first-order valence-electron chi connectivity index (χ1n) is 4.91. The molecule has 0 aromatic carbocycles. The van der Waals surface area contributed by atoms with Crippen molar-refractivity contribution in [2.75, 3.05) is 0 Å². The van der Waals surface area contributed by atoms with Crippen molar-refractivity contribution in [1.82, 2.24) is 4.57 Å². The highest BCUT2D eigenvalue weighted by molar-refractivity contribution is 5.80. The minimum atomic E-state index is 1.12. The molecule has 2 nitrogen and oxygen atoms in total. The minimum Gasteiger partial charge on any atom is -0.462 e. The highest BCUT2D eigenvalue weighted by Crippen LogP contribution is 2.31. The molecule has 13 heavy (non-hydrogen) atoms. The molecule has 0 atom stereocenters. The highest BCUT2D eigenvalue weighted by Gasteiger charge is 2.19. The van der Waals surface area contributed by atoms with Crippen LogP contribution >= 0.6 is 0 Å². The molecule has 1 aliphatic carbocycles. The van der Waals surface area contributed by atoms with Gasteiger partial charge in [0.15, 0.2) is 5.58 Å². The standard InChI is InChI=1S/C11H13NO/c1-12-9-5-3-2-4-8(9)11-10(12)6-7-13-11/h6-7H,2-5H2,1H3. The topological polar surface area (TPSA) is 18.1 Å². The van der Waals surface area contributed by atoms with E-state index in [0.29, 0.717) is 0 Å². The molecule has 2 aromatic heterocycles. The lowest BCUT2D eigenvalue weighted by Gasteiger charge is -2.12. The van der Waals surface area contributed by atoms with Gasteiger partial charge < -0.3 is 8.98 Å². The van der Waals surface area contributed by atoms with Gasteiger partial charge in [0, 0.05) is 24.4 Å². The fourth-order valence-corrected chi connectivity index (χ4v) is 2.44. The van der Waals surface area contributed by atoms with E-state index in [1.165, 1.54) is 42.5 Å². The Labute approximate surface area is 77.1 Å². The number of hydrogen-bond acceptors (Lipinski definition) is 1. The average Bonchev–Trinajstić information content (AvgIpc) is 2.72. The molecule has 2 aromatic rings. The fourth-order valence-electron chi connectivity index (χ4n) is 2.44. The van der Waals surface area contributed by atoms with E-state index in [0.717, 1.165) is 5.58 Å². The number of rotatable bonds is 0. The Hall–Kier alpha value is -1.18. The molecule has 68 valence electrons. The monoisotopic (exact) mass is 175 g/mol. The molecular weight excluding hydrogens is 162 g/mol. The zero-order valence-corrected chi connectivity index (χ0v) is 7.84. The Kier molecular flexibility index (Phi) is 1.34. The van der Waals surface area contributed by atoms with Crippen LogP contribution in [0.5, 0.6) is 0 Å². The third kappa shape index (κ3) is 0.831. The Morgan fingerprint density at radius 2 is 2.15 bits per heavy atom. The van der Waals surface area contributed by atoms with Crippen LogP contribution in [0.1, 0.15) is 24.1 Å². The molecule has 0 fully saturated rings. The molecule has 0 spiro atoms. The van der Waals surface area contributed by atoms with E-state index in [-0.39, 0.29) is 0 Å². The summed E-state index contributed by atoms with van der Waals surface area (Å²) in [5, 5.41) is 0. The SMILES string of the molecule is Cn1c2c(c3occc31)CCCC2. The molecule has 2 heterocycles. The van der Waals surface area contributed by atoms with E-state index >= 15 is 0 Å². The van der Waals surface area contributed by atoms with Crippen molar-refractivity contribution in [2.45, 2.75) is 25.7 Å². The van der Waals surface area contributed by atoms with Crippen LogP contribution in [0.2, 0.25) is 0 Å². The molecular formula is C11H13NO. The third-order valence-electron chi connectivity index (χ3n) is 3.12. The summed E-state index contributed by atoms with van der Waals surface area (Å²) >= 11 is 0. The van der Waals surface area contributed by atoms with Crippen LogP contribution < -0.4 is 0 Å². The minimum absolute atomic E-state index is 1.12. The maximum absolute atomic E-state index is 5.52. The molecule has 0 N–H and O–H groups in total. The van der Waals surface area contributed by atoms with Gasteiger partial charge in [-0.05, 0) is 25.7 Å². The molecule has 0 amide bonds. The lowest BCUT2D eigenvalue weighted by atomic mass is 9.98. The molecule has 0 saturated carbocycles. The fraction of sp³-hybridized carbons (Fsp3) is 0.455. The van der Waals surface area contributed by atoms with Crippen molar-refractivity contribution >= 4 is 11.1 Å². The predicted molar refractivity (Wildman–Crippen MR) is 51.8 cm³/mol. The molecule has 0 unspecified atom stereocenters. The lowest BCUT2D eigenvalue weighted by Crippen LogP contribution is -2.04. The first-order chi connectivity index (χ1) is 6.38. The van der Waals surface area contributed by atoms with Crippen molar-refractivity contribution < 1.29 is 4.42 Å². The second-order valence-electron chi connectivity index (χ2n) is 3.83. The number of fused-ring (bicyclic) bond motifs is 3. The van der Waals surface area contributed by atoms with Crippen LogP contribution in [0.15, 0.2) is 16.7 Å². The summed E-state index contributed by atoms with van der Waals surface area (Å²) in [7, 11) is 2.14. The second-order valence-corrected chi connectivity index (χ2v) is 3.83. The molecule has 0 aliphatic heterocycles. The summed E-state index contributed by atoms with van der Waals surface area (Å²) in [6.07, 6.45) is 6.84. The summed E-state index contributed by atoms with van der Waals surface area (Å²) < 4.78 is 7.80. The quantitative estimate of drug-likeness (QED) is 0.602. The normalized spacial score (nSPS) is 16.4. The summed E-state index contributed by atoms with van der Waals surface area (Å²) in [6, 6.07) is 2.06. The van der Waals surface area contributed by atoms with E-state index < -0.39 is 0 Å². The average molecular weight is 175 g/mol. The van der Waals surface area contributed by atoms with Crippen LogP contribution in [0.4, 0.5) is 0 Å². The van der Waals surface area contributed by atoms with Gasteiger partial charge >= 0.3 is 0 Å². The van der Waals surface area contributed by atoms with Crippen LogP contribution in [0, 0.1) is 0 Å². The van der Waals surface area contributed by atoms with Gasteiger partial charge in [-0.15, -0.1) is 0 Å². The van der Waals surface area contributed by atoms with Crippen LogP contribution in [0.25, 0.3) is 11.1 Å². The van der Waals surface area contributed by atoms with Crippen LogP contribution in [-0.4, -0.2) is 4.57 Å². The summed E-state index contributed by atoms with van der Waals surface area (Å²) in [6.45, 7) is 0. The van der Waals surface area contributed by atoms with Crippen molar-refractivity contribution in [3.63, 3.8) is 0 Å². The smallest absolute Gasteiger partial charge is 0.155 e. The highest BCUT2D eigenvalue weighted by atomic mass is 16.3. The molecule has 1 aliphatic rings. The molecule has 3 rings (SSSR count). The van der Waals surface area contributed by atoms with Crippen molar-refractivity contribution in [3.05, 3.63) is 23.6 Å². The summed E-state index contributed by atoms with van der Waals surface area (Å²) in [5.74, 6) is 0. The van der Waals surface area contributed by atoms with E-state index in [9.17, 15) is 0 Å². The zero-order valence-electron chi connectivity index (χ0n) is 7.84. The van der Waals surface area contributed by atoms with Gasteiger partial charge in [-0.25, -0.2) is 0 Å². The first kappa shape index (κ1) is 7.25. The van der Waals surface area contributed by atoms with Gasteiger partial charge in [-0.1, -0.05) is 0 Å². The number of nitrogens with zero attached hydrogens (tertiary/aromatic N) is 1. The Morgan fingerprint density at radius 3 is 3.08 bits per heavy atom. The van der Waals surface area contributed by atoms with Gasteiger partial charge in [0.05, 0.1) is 11.8 Å². The van der Waals surface area contributed by atoms with Crippen molar-refractivity contribution in [1.29, 1.82) is 0 Å². The van der Waals surface area contributed by atoms with Gasteiger partial charge in [0.2, 0.25) is 0 Å². The Morgan fingerprint density at radius 1 is 1.31 bits per heavy atom. The lowest BCUT2D eigenvalue weighted by molar-refractivity contribution is 0.598. The van der Waals surface area contributed by atoms with Gasteiger partial charge in [-0.3, -0.25) is 0 Å². The maximum atomic E-state index is 5.52. The van der Waals surface area contributed by atoms with Gasteiger partial charge in [0.25, 0.3) is 0 Å². The van der Waals surface area contributed by atoms with Gasteiger partial charge in [0.1, 0.15) is 0 Å². The van der Waals surface area contributed by atoms with Crippen molar-refractivity contribution in [2.24, 2.45) is 7.05 Å². The van der Waals surface area contributed by atoms with E-state index in [4.69, 9.17) is 4.42 Å². The molecule has 0 radical (unpaired) electrons. The number of aromatic nitrogens is 1. The summed E-state index contributed by atoms with van der Waals surface area (Å²) in [5.41, 5.74) is 5.32. The first-order valence-corrected chi connectivity index (χ1v) is 4.91. The Bertz CT molecular complexity index is 450. The number of furan rings is 1.